The number of fused-ring (bicyclic) bond motifs is 10. The topological polar surface area (TPSA) is 133 Å². The van der Waals surface area contributed by atoms with Crippen LogP contribution in [0.15, 0.2) is 169 Å². The van der Waals surface area contributed by atoms with E-state index in [-0.39, 0.29) is 21.9 Å². The van der Waals surface area contributed by atoms with Crippen LogP contribution in [0.1, 0.15) is 38.7 Å². The SMILES string of the molecule is Cc1ccc(S(=O)(=O)NNC2=C3C(=O)c4ccccc4-c4c5nc(c(-c6ccccc6)c6ccc([nH]6)c(-c6ccccc6)c6ccc([nH]6)c(-c6ccccc6)c2nc43)C=C5)cc1. The van der Waals surface area contributed by atoms with Crippen molar-refractivity contribution >= 4 is 61.3 Å². The highest BCUT2D eigenvalue weighted by atomic mass is 32.2. The molecular formula is C52H36N6O3S. The number of hydrogen-bond donors (Lipinski definition) is 4. The molecule has 11 rings (SSSR count). The Morgan fingerprint density at radius 2 is 0.968 bits per heavy atom. The van der Waals surface area contributed by atoms with Gasteiger partial charge in [0.2, 0.25) is 0 Å². The number of allylic oxidation sites excluding steroid dienone is 1. The van der Waals surface area contributed by atoms with Crippen molar-refractivity contribution < 1.29 is 13.2 Å². The number of rotatable bonds is 7. The van der Waals surface area contributed by atoms with Gasteiger partial charge < -0.3 is 15.4 Å². The number of H-pyrrole nitrogens is 2. The number of aryl methyl sites for hydroxylation is 1. The Bertz CT molecular complexity index is 3480. The number of carbonyl (C=O) groups excluding carboxylic acids is 1. The summed E-state index contributed by atoms with van der Waals surface area (Å²) in [5.74, 6) is -0.297. The van der Waals surface area contributed by atoms with Crippen LogP contribution in [0.25, 0.3) is 90.0 Å². The minimum atomic E-state index is -4.13. The average molecular weight is 825 g/mol. The van der Waals surface area contributed by atoms with Gasteiger partial charge in [0.25, 0.3) is 10.0 Å². The fourth-order valence-electron chi connectivity index (χ4n) is 8.63. The number of sulfonamides is 1. The summed E-state index contributed by atoms with van der Waals surface area (Å²) in [5, 5.41) is 0. The van der Waals surface area contributed by atoms with Crippen LogP contribution >= 0.6 is 0 Å². The van der Waals surface area contributed by atoms with E-state index < -0.39 is 10.0 Å². The number of aromatic amines is 2. The van der Waals surface area contributed by atoms with E-state index in [0.29, 0.717) is 44.9 Å². The largest absolute Gasteiger partial charge is 0.354 e. The highest BCUT2D eigenvalue weighted by Crippen LogP contribution is 2.47. The molecule has 0 unspecified atom stereocenters. The molecule has 3 aliphatic rings. The second kappa shape index (κ2) is 14.7. The fourth-order valence-corrected chi connectivity index (χ4v) is 9.47. The van der Waals surface area contributed by atoms with Gasteiger partial charge in [-0.15, -0.1) is 4.83 Å². The fraction of sp³-hybridized carbons (Fsp3) is 0.0192. The molecule has 8 bridgehead atoms. The second-order valence-corrected chi connectivity index (χ2v) is 17.0. The normalized spacial score (nSPS) is 13.0. The summed E-state index contributed by atoms with van der Waals surface area (Å²) >= 11 is 0. The van der Waals surface area contributed by atoms with Crippen molar-refractivity contribution in [3.05, 3.63) is 198 Å². The Kier molecular flexibility index (Phi) is 8.78. The summed E-state index contributed by atoms with van der Waals surface area (Å²) in [6.45, 7) is 1.90. The molecular weight excluding hydrogens is 789 g/mol. The van der Waals surface area contributed by atoms with Crippen molar-refractivity contribution in [2.45, 2.75) is 11.8 Å². The van der Waals surface area contributed by atoms with Gasteiger partial charge in [0.05, 0.1) is 38.9 Å². The quantitative estimate of drug-likeness (QED) is 0.118. The lowest BCUT2D eigenvalue weighted by atomic mass is 9.83. The third-order valence-corrected chi connectivity index (χ3v) is 12.8. The maximum Gasteiger partial charge on any atom is 0.257 e. The number of hydrazine groups is 1. The molecule has 9 nitrogen and oxygen atoms in total. The monoisotopic (exact) mass is 824 g/mol. The Morgan fingerprint density at radius 3 is 1.56 bits per heavy atom. The Balaban J connectivity index is 1.31. The lowest BCUT2D eigenvalue weighted by Gasteiger charge is -2.20. The molecule has 10 heteroatoms. The van der Waals surface area contributed by atoms with E-state index in [0.717, 1.165) is 55.6 Å². The molecule has 0 atom stereocenters. The van der Waals surface area contributed by atoms with Gasteiger partial charge in [-0.25, -0.2) is 18.4 Å². The Labute approximate surface area is 357 Å². The molecule has 0 spiro atoms. The number of nitrogens with one attached hydrogen (secondary N) is 4. The summed E-state index contributed by atoms with van der Waals surface area (Å²) in [7, 11) is -4.13. The van der Waals surface area contributed by atoms with Crippen LogP contribution in [-0.2, 0) is 10.0 Å². The van der Waals surface area contributed by atoms with Crippen molar-refractivity contribution in [1.82, 2.24) is 30.2 Å². The van der Waals surface area contributed by atoms with Gasteiger partial charge in [-0.2, -0.15) is 0 Å². The molecule has 0 radical (unpaired) electrons. The first-order chi connectivity index (χ1) is 30.3. The molecule has 0 saturated carbocycles. The number of carbonyl (C=O) groups is 1. The number of aromatic nitrogens is 4. The van der Waals surface area contributed by atoms with Gasteiger partial charge >= 0.3 is 0 Å². The summed E-state index contributed by atoms with van der Waals surface area (Å²) in [4.78, 5) is 35.9. The number of ketones is 1. The van der Waals surface area contributed by atoms with E-state index in [1.165, 1.54) is 0 Å². The molecule has 62 heavy (non-hydrogen) atoms. The zero-order valence-corrected chi connectivity index (χ0v) is 34.1. The molecule has 5 aromatic carbocycles. The minimum absolute atomic E-state index is 0.0662. The third-order valence-electron chi connectivity index (χ3n) is 11.5. The maximum absolute atomic E-state index is 15.0. The Hall–Kier alpha value is -7.92. The van der Waals surface area contributed by atoms with Crippen molar-refractivity contribution in [3.8, 4) is 44.5 Å². The number of Topliss-reactive ketones (excluding diaryl/α,β-unsaturated/α-hetero) is 1. The van der Waals surface area contributed by atoms with Crippen LogP contribution in [0.2, 0.25) is 0 Å². The van der Waals surface area contributed by atoms with Crippen LogP contribution in [0.5, 0.6) is 0 Å². The standard InChI is InChI=1S/C52H36N6O3S/c1-31-21-23-35(24-22-31)62(60,61)58-57-51-48-49-47(36-19-11-12-20-37(36)52(48)59)43-30-28-41(55-43)45(33-15-7-3-8-16-33)39-26-25-38(53-39)44(32-13-5-2-6-14-32)40-27-29-42(54-40)46(50(51)56-49)34-17-9-4-10-18-34/h2-30,53-54,57-58H,1H3. The first-order valence-corrected chi connectivity index (χ1v) is 21.7. The molecule has 298 valence electrons. The average Bonchev–Trinajstić information content (AvgIpc) is 4.14. The summed E-state index contributed by atoms with van der Waals surface area (Å²) in [6.07, 6.45) is 3.97. The third kappa shape index (κ3) is 6.20. The zero-order valence-electron chi connectivity index (χ0n) is 33.3. The molecule has 8 aromatic rings. The maximum atomic E-state index is 15.0. The molecule has 0 saturated heterocycles. The lowest BCUT2D eigenvalue weighted by Crippen LogP contribution is -2.36. The number of hydrogen-bond acceptors (Lipinski definition) is 6. The molecule has 2 aliphatic heterocycles. The van der Waals surface area contributed by atoms with Crippen molar-refractivity contribution in [1.29, 1.82) is 0 Å². The minimum Gasteiger partial charge on any atom is -0.354 e. The van der Waals surface area contributed by atoms with Gasteiger partial charge in [0.1, 0.15) is 0 Å². The van der Waals surface area contributed by atoms with Crippen LogP contribution in [0.3, 0.4) is 0 Å². The van der Waals surface area contributed by atoms with Crippen LogP contribution in [0.4, 0.5) is 0 Å². The van der Waals surface area contributed by atoms with Crippen molar-refractivity contribution in [2.75, 3.05) is 0 Å². The molecule has 3 aromatic heterocycles. The van der Waals surface area contributed by atoms with E-state index >= 15 is 0 Å². The van der Waals surface area contributed by atoms with Crippen LogP contribution < -0.4 is 10.3 Å². The van der Waals surface area contributed by atoms with Gasteiger partial charge in [-0.1, -0.05) is 133 Å². The first kappa shape index (κ1) is 37.1. The van der Waals surface area contributed by atoms with E-state index in [1.807, 2.05) is 116 Å². The van der Waals surface area contributed by atoms with Gasteiger partial charge in [0.15, 0.2) is 5.78 Å². The molecule has 0 amide bonds. The van der Waals surface area contributed by atoms with E-state index in [1.54, 1.807) is 30.3 Å². The van der Waals surface area contributed by atoms with Crippen molar-refractivity contribution in [3.63, 3.8) is 0 Å². The van der Waals surface area contributed by atoms with Crippen LogP contribution in [-0.4, -0.2) is 34.1 Å². The predicted molar refractivity (Wildman–Crippen MR) is 247 cm³/mol. The van der Waals surface area contributed by atoms with Crippen LogP contribution in [0, 0.1) is 6.92 Å². The second-order valence-electron chi connectivity index (χ2n) is 15.4. The summed E-state index contributed by atoms with van der Waals surface area (Å²) in [6, 6.07) is 52.4. The molecule has 4 N–H and O–H groups in total. The number of nitrogens with zero attached hydrogens (tertiary/aromatic N) is 2. The van der Waals surface area contributed by atoms with Crippen molar-refractivity contribution in [2.24, 2.45) is 0 Å². The van der Waals surface area contributed by atoms with Gasteiger partial charge in [-0.3, -0.25) is 4.79 Å². The van der Waals surface area contributed by atoms with E-state index in [9.17, 15) is 13.2 Å². The Morgan fingerprint density at radius 1 is 0.484 bits per heavy atom. The van der Waals surface area contributed by atoms with E-state index in [2.05, 4.69) is 56.6 Å². The summed E-state index contributed by atoms with van der Waals surface area (Å²) < 4.78 is 27.9. The molecule has 5 heterocycles. The highest BCUT2D eigenvalue weighted by molar-refractivity contribution is 7.89. The smallest absolute Gasteiger partial charge is 0.257 e. The van der Waals surface area contributed by atoms with Gasteiger partial charge in [0, 0.05) is 49.9 Å². The molecule has 1 aliphatic carbocycles. The zero-order chi connectivity index (χ0) is 42.0. The van der Waals surface area contributed by atoms with Gasteiger partial charge in [-0.05, 0) is 77.7 Å². The van der Waals surface area contributed by atoms with E-state index in [4.69, 9.17) is 9.97 Å². The first-order valence-electron chi connectivity index (χ1n) is 20.2. The number of benzene rings is 5. The predicted octanol–water partition coefficient (Wildman–Crippen LogP) is 11.0. The highest BCUT2D eigenvalue weighted by Gasteiger charge is 2.38. The summed E-state index contributed by atoms with van der Waals surface area (Å²) in [5.41, 5.74) is 16.9. The lowest BCUT2D eigenvalue weighted by molar-refractivity contribution is 0.105. The molecule has 0 fully saturated rings.